The van der Waals surface area contributed by atoms with Crippen molar-refractivity contribution >= 4 is 46.4 Å². The van der Waals surface area contributed by atoms with Gasteiger partial charge in [-0.15, -0.1) is 22.7 Å². The first-order valence-electron chi connectivity index (χ1n) is 22.3. The molecule has 8 rings (SSSR count). The third-order valence-electron chi connectivity index (χ3n) is 12.3. The fourth-order valence-corrected chi connectivity index (χ4v) is 10.8. The van der Waals surface area contributed by atoms with Crippen molar-refractivity contribution in [2.45, 2.75) is 103 Å². The van der Waals surface area contributed by atoms with E-state index < -0.39 is 24.3 Å². The van der Waals surface area contributed by atoms with Gasteiger partial charge in [0.25, 0.3) is 0 Å². The van der Waals surface area contributed by atoms with E-state index in [4.69, 9.17) is 19.4 Å². The summed E-state index contributed by atoms with van der Waals surface area (Å²) in [5.74, 6) is -0.699. The largest absolute Gasteiger partial charge is 1.00 e. The van der Waals surface area contributed by atoms with Gasteiger partial charge in [-0.25, -0.2) is 9.97 Å². The van der Waals surface area contributed by atoms with E-state index in [2.05, 4.69) is 28.4 Å². The Morgan fingerprint density at radius 2 is 1.11 bits per heavy atom. The molecule has 4 aliphatic heterocycles. The number of esters is 1. The van der Waals surface area contributed by atoms with Crippen molar-refractivity contribution in [3.8, 4) is 32.6 Å². The number of hydrogen-bond acceptors (Lipinski definition) is 14. The van der Waals surface area contributed by atoms with Gasteiger partial charge in [0, 0.05) is 72.0 Å². The van der Waals surface area contributed by atoms with Gasteiger partial charge in [0.05, 0.1) is 57.2 Å². The van der Waals surface area contributed by atoms with Gasteiger partial charge in [-0.3, -0.25) is 14.4 Å². The second-order valence-electron chi connectivity index (χ2n) is 16.7. The Hall–Kier alpha value is -3.26. The summed E-state index contributed by atoms with van der Waals surface area (Å²) in [6.45, 7) is 12.6. The van der Waals surface area contributed by atoms with Crippen molar-refractivity contribution in [3.05, 3.63) is 69.7 Å². The quantitative estimate of drug-likeness (QED) is 0.0702. The second-order valence-corrected chi connectivity index (χ2v) is 18.9. The number of fused-ring (bicyclic) bond motifs is 2. The van der Waals surface area contributed by atoms with Crippen LogP contribution in [0.5, 0.6) is 11.5 Å². The van der Waals surface area contributed by atoms with Crippen LogP contribution in [0.15, 0.2) is 48.5 Å². The Morgan fingerprint density at radius 1 is 0.672 bits per heavy atom. The van der Waals surface area contributed by atoms with Crippen LogP contribution in [0.4, 0.5) is 0 Å². The van der Waals surface area contributed by atoms with Gasteiger partial charge in [0.15, 0.2) is 0 Å². The molecule has 64 heavy (non-hydrogen) atoms. The number of amides is 2. The van der Waals surface area contributed by atoms with Crippen molar-refractivity contribution in [1.82, 2.24) is 29.6 Å². The number of thiazole rings is 2. The number of ether oxygens (including phenoxy) is 3. The molecule has 0 saturated carbocycles. The molecule has 0 N–H and O–H groups in total. The normalized spacial score (nSPS) is 18.3. The van der Waals surface area contributed by atoms with Crippen molar-refractivity contribution < 1.29 is 89.9 Å². The van der Waals surface area contributed by atoms with E-state index in [1.807, 2.05) is 48.5 Å². The molecule has 338 valence electrons. The summed E-state index contributed by atoms with van der Waals surface area (Å²) < 4.78 is 16.4. The fourth-order valence-electron chi connectivity index (χ4n) is 8.56. The molecule has 2 unspecified atom stereocenters. The maximum atomic E-state index is 12.3. The van der Waals surface area contributed by atoms with E-state index in [9.17, 15) is 24.3 Å². The van der Waals surface area contributed by atoms with Gasteiger partial charge in [0.1, 0.15) is 27.9 Å². The maximum absolute atomic E-state index is 12.3. The molecule has 2 aromatic carbocycles. The van der Waals surface area contributed by atoms with Crippen LogP contribution in [-0.4, -0.2) is 125 Å². The number of carboxylic acid groups (broad SMARTS) is 1. The van der Waals surface area contributed by atoms with Crippen LogP contribution in [-0.2, 0) is 49.8 Å². The summed E-state index contributed by atoms with van der Waals surface area (Å²) in [5, 5.41) is 12.6. The monoisotopic (exact) mass is 938 g/mol. The number of methoxy groups -OCH3 is 1. The summed E-state index contributed by atoms with van der Waals surface area (Å²) in [7, 11) is 1.30. The van der Waals surface area contributed by atoms with Crippen LogP contribution in [0.1, 0.15) is 86.4 Å². The molecule has 2 fully saturated rings. The molecule has 2 saturated heterocycles. The van der Waals surface area contributed by atoms with E-state index in [0.29, 0.717) is 57.7 Å². The van der Waals surface area contributed by atoms with E-state index in [1.165, 1.54) is 45.9 Å². The van der Waals surface area contributed by atoms with Crippen LogP contribution in [0.2, 0.25) is 0 Å². The van der Waals surface area contributed by atoms with Gasteiger partial charge in [-0.1, -0.05) is 0 Å². The van der Waals surface area contributed by atoms with Crippen LogP contribution >= 0.6 is 22.7 Å². The molecule has 0 spiro atoms. The predicted molar refractivity (Wildman–Crippen MR) is 240 cm³/mol. The molecule has 4 aliphatic rings. The molecule has 14 nitrogen and oxygen atoms in total. The second kappa shape index (κ2) is 24.5. The van der Waals surface area contributed by atoms with Crippen LogP contribution in [0.25, 0.3) is 21.1 Å². The van der Waals surface area contributed by atoms with E-state index in [0.717, 1.165) is 86.3 Å². The van der Waals surface area contributed by atoms with Crippen LogP contribution < -0.4 is 66.0 Å². The summed E-state index contributed by atoms with van der Waals surface area (Å²) in [6, 6.07) is 17.5. The van der Waals surface area contributed by atoms with Gasteiger partial charge >= 0.3 is 57.4 Å². The van der Waals surface area contributed by atoms with E-state index >= 15 is 0 Å². The number of aliphatic carboxylic acids is 1. The summed E-state index contributed by atoms with van der Waals surface area (Å²) in [5.41, 5.74) is 4.11. The standard InChI is InChI=1S/C24H31N3O4S.C23H29N3O4S.K/c1-17-5-3-11-26(17)12-4-14-31-19-8-6-18(7-9-19)24-25-20-10-13-27(16-21(20)32-24)22(28)15-23(29)30-2;1-16-4-2-10-25(16)11-3-13-30-18-7-5-17(6-8-18)23-24-19-9-12-26(15-20(19)31-23)21(27)14-22(28)29;/h6-9,17H,3-5,10-16H2,1-2H3;5-8,16H,2-4,9-15H2,1H3,(H,28,29);/q;;+1/p-1. The van der Waals surface area contributed by atoms with Crippen molar-refractivity contribution in [1.29, 1.82) is 0 Å². The Kier molecular flexibility index (Phi) is 19.2. The molecule has 0 aliphatic carbocycles. The molecule has 17 heteroatoms. The zero-order valence-corrected chi connectivity index (χ0v) is 42.4. The van der Waals surface area contributed by atoms with Crippen LogP contribution in [0, 0.1) is 0 Å². The van der Waals surface area contributed by atoms with Crippen molar-refractivity contribution in [3.63, 3.8) is 0 Å². The van der Waals surface area contributed by atoms with E-state index in [-0.39, 0.29) is 63.7 Å². The summed E-state index contributed by atoms with van der Waals surface area (Å²) in [4.78, 5) is 66.4. The molecule has 2 atom stereocenters. The Morgan fingerprint density at radius 3 is 1.50 bits per heavy atom. The average molecular weight is 939 g/mol. The third kappa shape index (κ3) is 13.9. The molecular formula is C47H59KN6O8S2. The summed E-state index contributed by atoms with van der Waals surface area (Å²) >= 11 is 3.16. The molecule has 6 heterocycles. The Labute approximate surface area is 427 Å². The Balaban J connectivity index is 0.000000209. The van der Waals surface area contributed by atoms with Gasteiger partial charge < -0.3 is 43.7 Å². The zero-order valence-electron chi connectivity index (χ0n) is 37.7. The molecule has 0 bridgehead atoms. The number of carbonyl (C=O) groups is 4. The van der Waals surface area contributed by atoms with Gasteiger partial charge in [-0.2, -0.15) is 0 Å². The fraction of sp³-hybridized carbons (Fsp3) is 0.532. The number of nitrogens with zero attached hydrogens (tertiary/aromatic N) is 6. The van der Waals surface area contributed by atoms with Crippen molar-refractivity contribution in [2.75, 3.05) is 59.6 Å². The topological polar surface area (TPSA) is 158 Å². The smallest absolute Gasteiger partial charge is 0.550 e. The molecule has 2 aromatic heterocycles. The average Bonchev–Trinajstić information content (AvgIpc) is 4.11. The minimum absolute atomic E-state index is 0. The first-order chi connectivity index (χ1) is 30.5. The van der Waals surface area contributed by atoms with Crippen molar-refractivity contribution in [2.24, 2.45) is 0 Å². The molecular weight excluding hydrogens is 880 g/mol. The number of aromatic nitrogens is 2. The van der Waals surface area contributed by atoms with Gasteiger partial charge in [-0.05, 0) is 114 Å². The predicted octanol–water partition coefficient (Wildman–Crippen LogP) is 2.60. The van der Waals surface area contributed by atoms with Gasteiger partial charge in [0.2, 0.25) is 11.8 Å². The number of likely N-dealkylation sites (tertiary alicyclic amines) is 2. The third-order valence-corrected chi connectivity index (χ3v) is 14.6. The first-order valence-corrected chi connectivity index (χ1v) is 23.9. The number of rotatable bonds is 16. The number of carboxylic acids is 1. The first kappa shape index (κ1) is 50.2. The number of hydrogen-bond donors (Lipinski definition) is 0. The maximum Gasteiger partial charge on any atom is 1.00 e. The zero-order chi connectivity index (χ0) is 44.3. The minimum Gasteiger partial charge on any atom is -0.550 e. The molecule has 4 aromatic rings. The Bertz CT molecular complexity index is 2180. The minimum atomic E-state index is -1.34. The number of benzene rings is 2. The summed E-state index contributed by atoms with van der Waals surface area (Å²) in [6.07, 6.45) is 7.85. The van der Waals surface area contributed by atoms with E-state index in [1.54, 1.807) is 32.5 Å². The van der Waals surface area contributed by atoms with Crippen LogP contribution in [0.3, 0.4) is 0 Å². The molecule has 0 radical (unpaired) electrons. The molecule has 2 amide bonds. The SMILES string of the molecule is CC1CCCN1CCCOc1ccc(-c2nc3c(s2)CN(C(=O)CC(=O)[O-])CC3)cc1.COC(=O)CC(=O)N1CCc2nc(-c3ccc(OCCCN4CCCC4C)cc3)sc2C1.[K+]. The number of carbonyl (C=O) groups excluding carboxylic acids is 4.